The first-order valence-electron chi connectivity index (χ1n) is 3.66. The number of nitrogens with one attached hydrogen (secondary N) is 1. The second-order valence-electron chi connectivity index (χ2n) is 2.71. The molecule has 9 nitrogen and oxygen atoms in total. The van der Waals surface area contributed by atoms with Crippen molar-refractivity contribution in [3.8, 4) is 0 Å². The zero-order chi connectivity index (χ0) is 12.1. The van der Waals surface area contributed by atoms with Gasteiger partial charge in [0.1, 0.15) is 0 Å². The van der Waals surface area contributed by atoms with Gasteiger partial charge >= 0.3 is 15.3 Å². The molecule has 0 spiro atoms. The standard InChI is InChI=1S/C3H14N4O5P2S/c1-3(2)15-11-10-7-14(6,9)12-13(4,5)8/h3H,1-2H3,(H4,4,5,8)(H3,6,7,9). The summed E-state index contributed by atoms with van der Waals surface area (Å²) in [5, 5.41) is 1.83. The Balaban J connectivity index is 3.85. The zero-order valence-corrected chi connectivity index (χ0v) is 10.8. The van der Waals surface area contributed by atoms with E-state index in [0.717, 1.165) is 12.0 Å². The zero-order valence-electron chi connectivity index (χ0n) is 8.15. The lowest BCUT2D eigenvalue weighted by Gasteiger charge is -2.15. The molecular formula is C3H14N4O5P2S. The summed E-state index contributed by atoms with van der Waals surface area (Å²) in [6.07, 6.45) is 0. The molecule has 0 aromatic carbocycles. The summed E-state index contributed by atoms with van der Waals surface area (Å²) in [5.74, 6) is 0. The van der Waals surface area contributed by atoms with E-state index in [1.54, 1.807) is 5.25 Å². The highest BCUT2D eigenvalue weighted by molar-refractivity contribution is 7.95. The highest BCUT2D eigenvalue weighted by Crippen LogP contribution is 2.47. The van der Waals surface area contributed by atoms with E-state index in [1.807, 2.05) is 13.8 Å². The maximum Gasteiger partial charge on any atom is 0.370 e. The van der Waals surface area contributed by atoms with Crippen molar-refractivity contribution in [2.75, 3.05) is 0 Å². The quantitative estimate of drug-likeness (QED) is 0.171. The van der Waals surface area contributed by atoms with Crippen LogP contribution < -0.4 is 21.8 Å². The molecule has 0 heterocycles. The number of rotatable bonds is 7. The predicted molar refractivity (Wildman–Crippen MR) is 56.9 cm³/mol. The van der Waals surface area contributed by atoms with Gasteiger partial charge in [-0.1, -0.05) is 19.1 Å². The van der Waals surface area contributed by atoms with Crippen molar-refractivity contribution in [1.82, 2.24) is 5.25 Å². The Morgan fingerprint density at radius 2 is 1.80 bits per heavy atom. The normalized spacial score (nSPS) is 16.7. The van der Waals surface area contributed by atoms with Crippen LogP contribution >= 0.6 is 27.4 Å². The average molecular weight is 280 g/mol. The average Bonchev–Trinajstić information content (AvgIpc) is 1.93. The van der Waals surface area contributed by atoms with Gasteiger partial charge in [0.2, 0.25) is 0 Å². The predicted octanol–water partition coefficient (Wildman–Crippen LogP) is 0.605. The van der Waals surface area contributed by atoms with Gasteiger partial charge in [0.15, 0.2) is 0 Å². The van der Waals surface area contributed by atoms with Gasteiger partial charge < -0.3 is 0 Å². The lowest BCUT2D eigenvalue weighted by atomic mass is 10.6. The molecule has 12 heteroatoms. The van der Waals surface area contributed by atoms with Crippen molar-refractivity contribution in [3.05, 3.63) is 0 Å². The highest BCUT2D eigenvalue weighted by atomic mass is 32.2. The molecule has 0 saturated heterocycles. The molecule has 0 aliphatic rings. The van der Waals surface area contributed by atoms with Crippen LogP contribution in [0.3, 0.4) is 0 Å². The Labute approximate surface area is 91.6 Å². The molecule has 15 heavy (non-hydrogen) atoms. The molecule has 0 bridgehead atoms. The van der Waals surface area contributed by atoms with Gasteiger partial charge in [0.05, 0.1) is 0 Å². The van der Waals surface area contributed by atoms with E-state index in [0.29, 0.717) is 0 Å². The van der Waals surface area contributed by atoms with Crippen molar-refractivity contribution >= 4 is 27.4 Å². The summed E-state index contributed by atoms with van der Waals surface area (Å²) in [5.41, 5.74) is 14.6. The summed E-state index contributed by atoms with van der Waals surface area (Å²) >= 11 is 0.941. The molecule has 1 atom stereocenters. The van der Waals surface area contributed by atoms with Gasteiger partial charge in [-0.2, -0.15) is 0 Å². The van der Waals surface area contributed by atoms with Gasteiger partial charge in [-0.3, -0.25) is 9.13 Å². The smallest absolute Gasteiger partial charge is 0.256 e. The minimum absolute atomic E-state index is 0.125. The van der Waals surface area contributed by atoms with Crippen molar-refractivity contribution < 1.29 is 22.8 Å². The molecule has 0 amide bonds. The summed E-state index contributed by atoms with van der Waals surface area (Å²) < 4.78 is 30.5. The first kappa shape index (κ1) is 15.5. The molecule has 92 valence electrons. The molecule has 0 aliphatic carbocycles. The van der Waals surface area contributed by atoms with E-state index in [2.05, 4.69) is 13.6 Å². The van der Waals surface area contributed by atoms with E-state index in [1.165, 1.54) is 0 Å². The van der Waals surface area contributed by atoms with Crippen LogP contribution in [-0.2, 0) is 22.8 Å². The molecule has 0 aromatic rings. The maximum atomic E-state index is 11.2. The maximum absolute atomic E-state index is 11.2. The van der Waals surface area contributed by atoms with Crippen LogP contribution in [0.5, 0.6) is 0 Å². The van der Waals surface area contributed by atoms with Crippen LogP contribution in [0, 0.1) is 0 Å². The van der Waals surface area contributed by atoms with Crippen LogP contribution in [0.1, 0.15) is 13.8 Å². The third-order valence-corrected chi connectivity index (χ3v) is 3.53. The monoisotopic (exact) mass is 280 g/mol. The lowest BCUT2D eigenvalue weighted by Crippen LogP contribution is -2.20. The third-order valence-electron chi connectivity index (χ3n) is 0.679. The molecule has 0 saturated carbocycles. The number of nitrogens with two attached hydrogens (primary N) is 3. The first-order chi connectivity index (χ1) is 6.62. The Morgan fingerprint density at radius 1 is 1.27 bits per heavy atom. The SMILES string of the molecule is CC(C)SOONP(N)(=O)OP(N)(N)=O. The summed E-state index contributed by atoms with van der Waals surface area (Å²) in [4.78, 5) is 4.22. The summed E-state index contributed by atoms with van der Waals surface area (Å²) in [7, 11) is -7.95. The van der Waals surface area contributed by atoms with Crippen LogP contribution in [0.4, 0.5) is 0 Å². The molecule has 7 N–H and O–H groups in total. The second kappa shape index (κ2) is 6.31. The van der Waals surface area contributed by atoms with Crippen LogP contribution in [0.2, 0.25) is 0 Å². The molecule has 0 aromatic heterocycles. The van der Waals surface area contributed by atoms with Crippen LogP contribution in [-0.4, -0.2) is 5.25 Å². The fourth-order valence-electron chi connectivity index (χ4n) is 0.372. The Morgan fingerprint density at radius 3 is 2.20 bits per heavy atom. The minimum Gasteiger partial charge on any atom is -0.256 e. The highest BCUT2D eigenvalue weighted by Gasteiger charge is 2.26. The number of hydrogen-bond acceptors (Lipinski definition) is 6. The minimum atomic E-state index is -4.00. The molecule has 0 rings (SSSR count). The van der Waals surface area contributed by atoms with Gasteiger partial charge in [0, 0.05) is 17.3 Å². The fraction of sp³-hybridized carbons (Fsp3) is 1.00. The Kier molecular flexibility index (Phi) is 6.53. The molecule has 1 unspecified atom stereocenters. The van der Waals surface area contributed by atoms with E-state index < -0.39 is 15.3 Å². The lowest BCUT2D eigenvalue weighted by molar-refractivity contribution is -0.221. The van der Waals surface area contributed by atoms with Crippen molar-refractivity contribution in [2.45, 2.75) is 19.1 Å². The summed E-state index contributed by atoms with van der Waals surface area (Å²) in [6, 6.07) is 0. The number of hydrogen-bond donors (Lipinski definition) is 4. The third kappa shape index (κ3) is 10.8. The van der Waals surface area contributed by atoms with E-state index in [-0.39, 0.29) is 5.25 Å². The molecular weight excluding hydrogens is 266 g/mol. The van der Waals surface area contributed by atoms with E-state index >= 15 is 0 Å². The van der Waals surface area contributed by atoms with Crippen LogP contribution in [0.15, 0.2) is 0 Å². The Hall–Kier alpha value is 0.530. The van der Waals surface area contributed by atoms with Gasteiger partial charge in [-0.15, -0.1) is 9.32 Å². The van der Waals surface area contributed by atoms with Gasteiger partial charge in [-0.25, -0.2) is 20.8 Å². The Bertz CT molecular complexity index is 281. The van der Waals surface area contributed by atoms with Crippen molar-refractivity contribution in [3.63, 3.8) is 0 Å². The topological polar surface area (TPSA) is 152 Å². The second-order valence-corrected chi connectivity index (χ2v) is 7.30. The molecule has 0 aliphatic heterocycles. The van der Waals surface area contributed by atoms with E-state index in [4.69, 9.17) is 16.5 Å². The summed E-state index contributed by atoms with van der Waals surface area (Å²) in [6.45, 7) is 3.67. The fourth-order valence-corrected chi connectivity index (χ4v) is 2.44. The van der Waals surface area contributed by atoms with Gasteiger partial charge in [-0.05, 0) is 0 Å². The molecule has 0 radical (unpaired) electrons. The molecule has 0 fully saturated rings. The largest absolute Gasteiger partial charge is 0.370 e. The van der Waals surface area contributed by atoms with Crippen LogP contribution in [0.25, 0.3) is 0 Å². The van der Waals surface area contributed by atoms with Crippen molar-refractivity contribution in [2.24, 2.45) is 16.5 Å². The first-order valence-corrected chi connectivity index (χ1v) is 7.92. The van der Waals surface area contributed by atoms with Crippen molar-refractivity contribution in [1.29, 1.82) is 0 Å². The van der Waals surface area contributed by atoms with E-state index in [9.17, 15) is 9.13 Å². The van der Waals surface area contributed by atoms with Gasteiger partial charge in [0.25, 0.3) is 0 Å².